The first kappa shape index (κ1) is 15.5. The molecule has 0 aromatic carbocycles. The van der Waals surface area contributed by atoms with Gasteiger partial charge in [-0.1, -0.05) is 0 Å². The minimum absolute atomic E-state index is 0.000992. The summed E-state index contributed by atoms with van der Waals surface area (Å²) in [5, 5.41) is 7.08. The maximum atomic E-state index is 12.3. The van der Waals surface area contributed by atoms with Crippen molar-refractivity contribution in [3.63, 3.8) is 0 Å². The second-order valence-corrected chi connectivity index (χ2v) is 6.16. The van der Waals surface area contributed by atoms with Gasteiger partial charge in [-0.05, 0) is 19.8 Å². The number of hydrogen-bond acceptors (Lipinski definition) is 4. The monoisotopic (exact) mass is 317 g/mol. The van der Waals surface area contributed by atoms with Crippen LogP contribution in [0.4, 0.5) is 4.79 Å². The fourth-order valence-corrected chi connectivity index (χ4v) is 3.09. The van der Waals surface area contributed by atoms with Gasteiger partial charge in [0.05, 0.1) is 12.9 Å². The largest absolute Gasteiger partial charge is 0.337 e. The van der Waals surface area contributed by atoms with Gasteiger partial charge in [-0.25, -0.2) is 14.8 Å². The molecule has 0 aliphatic carbocycles. The van der Waals surface area contributed by atoms with Crippen LogP contribution < -0.4 is 5.32 Å². The lowest BCUT2D eigenvalue weighted by atomic mass is 9.94. The first-order valence-corrected chi connectivity index (χ1v) is 7.97. The molecular weight excluding hydrogens is 294 g/mol. The van der Waals surface area contributed by atoms with Crippen molar-refractivity contribution in [2.45, 2.75) is 38.3 Å². The van der Waals surface area contributed by atoms with Crippen molar-refractivity contribution in [3.05, 3.63) is 30.9 Å². The van der Waals surface area contributed by atoms with Crippen LogP contribution >= 0.6 is 0 Å². The molecule has 1 fully saturated rings. The van der Waals surface area contributed by atoms with E-state index in [2.05, 4.69) is 25.0 Å². The minimum atomic E-state index is 0.000992. The third-order valence-corrected chi connectivity index (χ3v) is 4.35. The highest BCUT2D eigenvalue weighted by atomic mass is 16.2. The number of piperidine rings is 1. The Labute approximate surface area is 135 Å². The van der Waals surface area contributed by atoms with E-state index >= 15 is 0 Å². The molecule has 2 aromatic heterocycles. The SMILES string of the molecule is CC(Cn1cncn1)NC(=O)N1CCC(c2cncn2C)CC1. The highest BCUT2D eigenvalue weighted by Gasteiger charge is 2.25. The molecule has 1 saturated heterocycles. The van der Waals surface area contributed by atoms with Crippen LogP contribution in [0.3, 0.4) is 0 Å². The van der Waals surface area contributed by atoms with Crippen LogP contribution in [-0.4, -0.2) is 54.4 Å². The van der Waals surface area contributed by atoms with Crippen molar-refractivity contribution in [3.8, 4) is 0 Å². The van der Waals surface area contributed by atoms with E-state index in [-0.39, 0.29) is 12.1 Å². The molecule has 2 amide bonds. The Kier molecular flexibility index (Phi) is 4.59. The van der Waals surface area contributed by atoms with Gasteiger partial charge >= 0.3 is 6.03 Å². The molecule has 0 bridgehead atoms. The van der Waals surface area contributed by atoms with E-state index in [1.165, 1.54) is 12.0 Å². The van der Waals surface area contributed by atoms with Gasteiger partial charge in [-0.3, -0.25) is 4.68 Å². The van der Waals surface area contributed by atoms with Crippen molar-refractivity contribution in [2.24, 2.45) is 7.05 Å². The summed E-state index contributed by atoms with van der Waals surface area (Å²) in [5.74, 6) is 0.485. The second-order valence-electron chi connectivity index (χ2n) is 6.16. The topological polar surface area (TPSA) is 80.9 Å². The van der Waals surface area contributed by atoms with Gasteiger partial charge in [-0.15, -0.1) is 0 Å². The summed E-state index contributed by atoms with van der Waals surface area (Å²) in [5.41, 5.74) is 1.25. The summed E-state index contributed by atoms with van der Waals surface area (Å²) >= 11 is 0. The number of carbonyl (C=O) groups is 1. The summed E-state index contributed by atoms with van der Waals surface area (Å²) in [6, 6.07) is 0.0140. The van der Waals surface area contributed by atoms with Gasteiger partial charge in [0.2, 0.25) is 0 Å². The van der Waals surface area contributed by atoms with Gasteiger partial charge in [-0.2, -0.15) is 5.10 Å². The van der Waals surface area contributed by atoms with E-state index in [4.69, 9.17) is 0 Å². The number of imidazole rings is 1. The fourth-order valence-electron chi connectivity index (χ4n) is 3.09. The third kappa shape index (κ3) is 3.69. The first-order valence-electron chi connectivity index (χ1n) is 7.97. The number of aryl methyl sites for hydroxylation is 1. The Morgan fingerprint density at radius 2 is 2.13 bits per heavy atom. The Morgan fingerprint density at radius 1 is 1.35 bits per heavy atom. The molecular formula is C15H23N7O. The molecule has 124 valence electrons. The van der Waals surface area contributed by atoms with Gasteiger partial charge in [0, 0.05) is 44.0 Å². The van der Waals surface area contributed by atoms with Crippen molar-refractivity contribution in [1.82, 2.24) is 34.5 Å². The molecule has 8 heteroatoms. The van der Waals surface area contributed by atoms with Crippen LogP contribution in [0.2, 0.25) is 0 Å². The normalized spacial score (nSPS) is 17.2. The Morgan fingerprint density at radius 3 is 2.74 bits per heavy atom. The zero-order valence-electron chi connectivity index (χ0n) is 13.6. The van der Waals surface area contributed by atoms with Crippen molar-refractivity contribution < 1.29 is 4.79 Å². The lowest BCUT2D eigenvalue weighted by molar-refractivity contribution is 0.176. The van der Waals surface area contributed by atoms with E-state index in [0.717, 1.165) is 25.9 Å². The molecule has 0 radical (unpaired) electrons. The molecule has 1 unspecified atom stereocenters. The molecule has 3 rings (SSSR count). The average molecular weight is 317 g/mol. The number of amides is 2. The molecule has 23 heavy (non-hydrogen) atoms. The maximum Gasteiger partial charge on any atom is 0.317 e. The highest BCUT2D eigenvalue weighted by Crippen LogP contribution is 2.27. The Bertz CT molecular complexity index is 628. The van der Waals surface area contributed by atoms with Crippen LogP contribution in [0, 0.1) is 0 Å². The number of hydrogen-bond donors (Lipinski definition) is 1. The number of carbonyl (C=O) groups excluding carboxylic acids is 1. The summed E-state index contributed by atoms with van der Waals surface area (Å²) in [7, 11) is 2.02. The predicted octanol–water partition coefficient (Wildman–Crippen LogP) is 0.989. The van der Waals surface area contributed by atoms with E-state index in [1.54, 1.807) is 11.0 Å². The van der Waals surface area contributed by atoms with Gasteiger partial charge in [0.25, 0.3) is 0 Å². The van der Waals surface area contributed by atoms with E-state index in [0.29, 0.717) is 12.5 Å². The van der Waals surface area contributed by atoms with Gasteiger partial charge in [0.1, 0.15) is 12.7 Å². The zero-order valence-corrected chi connectivity index (χ0v) is 13.6. The molecule has 0 saturated carbocycles. The minimum Gasteiger partial charge on any atom is -0.337 e. The van der Waals surface area contributed by atoms with Crippen LogP contribution in [0.25, 0.3) is 0 Å². The fraction of sp³-hybridized carbons (Fsp3) is 0.600. The molecule has 1 aliphatic heterocycles. The van der Waals surface area contributed by atoms with Gasteiger partial charge < -0.3 is 14.8 Å². The lowest BCUT2D eigenvalue weighted by Crippen LogP contribution is -2.48. The molecule has 1 atom stereocenters. The molecule has 1 aliphatic rings. The molecule has 3 heterocycles. The average Bonchev–Trinajstić information content (AvgIpc) is 3.19. The van der Waals surface area contributed by atoms with Crippen LogP contribution in [-0.2, 0) is 13.6 Å². The van der Waals surface area contributed by atoms with Gasteiger partial charge in [0.15, 0.2) is 0 Å². The third-order valence-electron chi connectivity index (χ3n) is 4.35. The zero-order chi connectivity index (χ0) is 16.2. The Balaban J connectivity index is 1.47. The summed E-state index contributed by atoms with van der Waals surface area (Å²) in [4.78, 5) is 22.3. The molecule has 0 spiro atoms. The summed E-state index contributed by atoms with van der Waals surface area (Å²) < 4.78 is 3.79. The molecule has 2 aromatic rings. The molecule has 1 N–H and O–H groups in total. The van der Waals surface area contributed by atoms with Crippen LogP contribution in [0.1, 0.15) is 31.4 Å². The van der Waals surface area contributed by atoms with Crippen molar-refractivity contribution in [1.29, 1.82) is 0 Å². The quantitative estimate of drug-likeness (QED) is 0.912. The summed E-state index contributed by atoms with van der Waals surface area (Å²) in [6.45, 7) is 4.15. The van der Waals surface area contributed by atoms with Crippen molar-refractivity contribution >= 4 is 6.03 Å². The first-order chi connectivity index (χ1) is 11.1. The second kappa shape index (κ2) is 6.80. The van der Waals surface area contributed by atoms with Crippen LogP contribution in [0.15, 0.2) is 25.2 Å². The lowest BCUT2D eigenvalue weighted by Gasteiger charge is -2.32. The smallest absolute Gasteiger partial charge is 0.317 e. The number of nitrogens with zero attached hydrogens (tertiary/aromatic N) is 6. The highest BCUT2D eigenvalue weighted by molar-refractivity contribution is 5.74. The summed E-state index contributed by atoms with van der Waals surface area (Å²) in [6.07, 6.45) is 8.87. The number of likely N-dealkylation sites (tertiary alicyclic amines) is 1. The van der Waals surface area contributed by atoms with E-state index in [9.17, 15) is 4.79 Å². The van der Waals surface area contributed by atoms with Crippen LogP contribution in [0.5, 0.6) is 0 Å². The van der Waals surface area contributed by atoms with E-state index in [1.807, 2.05) is 31.4 Å². The predicted molar refractivity (Wildman–Crippen MR) is 84.8 cm³/mol. The maximum absolute atomic E-state index is 12.3. The number of aromatic nitrogens is 5. The number of rotatable bonds is 4. The number of urea groups is 1. The van der Waals surface area contributed by atoms with E-state index < -0.39 is 0 Å². The Hall–Kier alpha value is -2.38. The van der Waals surface area contributed by atoms with Crippen molar-refractivity contribution in [2.75, 3.05) is 13.1 Å². The molecule has 8 nitrogen and oxygen atoms in total. The standard InChI is InChI=1S/C15H23N7O/c1-12(8-22-11-17-9-18-22)19-15(23)21-5-3-13(4-6-21)14-7-16-10-20(14)2/h7,9-13H,3-6,8H2,1-2H3,(H,19,23). The number of nitrogens with one attached hydrogen (secondary N) is 1.